The first-order valence-electron chi connectivity index (χ1n) is 8.97. The third-order valence-electron chi connectivity index (χ3n) is 5.37. The van der Waals surface area contributed by atoms with Crippen LogP contribution in [-0.2, 0) is 12.5 Å². The molecule has 3 rings (SSSR count). The zero-order chi connectivity index (χ0) is 16.6. The highest BCUT2D eigenvalue weighted by atomic mass is 14.9. The maximum absolute atomic E-state index is 2.43. The van der Waals surface area contributed by atoms with Crippen LogP contribution in [0, 0.1) is 6.92 Å². The van der Waals surface area contributed by atoms with Crippen molar-refractivity contribution < 1.29 is 4.57 Å². The fourth-order valence-electron chi connectivity index (χ4n) is 3.78. The lowest BCUT2D eigenvalue weighted by atomic mass is 9.85. The summed E-state index contributed by atoms with van der Waals surface area (Å²) < 4.78 is 2.26. The number of hydrogen-bond donors (Lipinski definition) is 0. The topological polar surface area (TPSA) is 3.88 Å². The van der Waals surface area contributed by atoms with E-state index in [1.54, 1.807) is 0 Å². The summed E-state index contributed by atoms with van der Waals surface area (Å²) in [5, 5.41) is 0. The highest BCUT2D eigenvalue weighted by Crippen LogP contribution is 2.35. The van der Waals surface area contributed by atoms with Gasteiger partial charge in [-0.25, -0.2) is 4.57 Å². The first kappa shape index (κ1) is 16.2. The molecule has 0 atom stereocenters. The summed E-state index contributed by atoms with van der Waals surface area (Å²) in [6.07, 6.45) is 7.73. The number of aryl methyl sites for hydroxylation is 2. The van der Waals surface area contributed by atoms with Gasteiger partial charge in [-0.15, -0.1) is 0 Å². The van der Waals surface area contributed by atoms with Gasteiger partial charge in [0.2, 0.25) is 5.69 Å². The van der Waals surface area contributed by atoms with Crippen LogP contribution in [0.5, 0.6) is 0 Å². The highest BCUT2D eigenvalue weighted by molar-refractivity contribution is 5.62. The lowest BCUT2D eigenvalue weighted by molar-refractivity contribution is -0.660. The van der Waals surface area contributed by atoms with Crippen molar-refractivity contribution in [2.24, 2.45) is 7.05 Å². The van der Waals surface area contributed by atoms with E-state index in [-0.39, 0.29) is 5.41 Å². The van der Waals surface area contributed by atoms with Crippen LogP contribution in [0.4, 0.5) is 0 Å². The van der Waals surface area contributed by atoms with E-state index in [2.05, 4.69) is 75.8 Å². The van der Waals surface area contributed by atoms with Gasteiger partial charge in [-0.3, -0.25) is 0 Å². The molecule has 23 heavy (non-hydrogen) atoms. The maximum Gasteiger partial charge on any atom is 0.212 e. The predicted molar refractivity (Wildman–Crippen MR) is 97.7 cm³/mol. The van der Waals surface area contributed by atoms with E-state index in [9.17, 15) is 0 Å². The van der Waals surface area contributed by atoms with E-state index in [1.165, 1.54) is 53.6 Å². The molecule has 1 heterocycles. The van der Waals surface area contributed by atoms with Crippen molar-refractivity contribution in [3.05, 3.63) is 53.2 Å². The van der Waals surface area contributed by atoms with E-state index >= 15 is 0 Å². The van der Waals surface area contributed by atoms with E-state index in [0.29, 0.717) is 0 Å². The molecule has 1 saturated carbocycles. The molecule has 1 fully saturated rings. The Kier molecular flexibility index (Phi) is 4.31. The lowest BCUT2D eigenvalue weighted by Gasteiger charge is -2.20. The zero-order valence-electron chi connectivity index (χ0n) is 15.3. The van der Waals surface area contributed by atoms with E-state index in [0.717, 1.165) is 5.92 Å². The van der Waals surface area contributed by atoms with E-state index in [4.69, 9.17) is 0 Å². The normalized spacial score (nSPS) is 16.0. The molecule has 0 bridgehead atoms. The van der Waals surface area contributed by atoms with Crippen LogP contribution in [0.2, 0.25) is 0 Å². The van der Waals surface area contributed by atoms with Crippen LogP contribution in [0.25, 0.3) is 11.3 Å². The average molecular weight is 308 g/mol. The van der Waals surface area contributed by atoms with Gasteiger partial charge in [-0.2, -0.15) is 0 Å². The van der Waals surface area contributed by atoms with Crippen molar-refractivity contribution in [2.45, 2.75) is 64.7 Å². The van der Waals surface area contributed by atoms with Gasteiger partial charge in [0.1, 0.15) is 7.05 Å². The molecule has 0 N–H and O–H groups in total. The number of rotatable bonds is 2. The first-order valence-corrected chi connectivity index (χ1v) is 8.97. The second-order valence-electron chi connectivity index (χ2n) is 8.22. The molecule has 1 aliphatic carbocycles. The molecule has 1 nitrogen and oxygen atoms in total. The second-order valence-corrected chi connectivity index (χ2v) is 8.22. The van der Waals surface area contributed by atoms with Crippen molar-refractivity contribution in [2.75, 3.05) is 0 Å². The summed E-state index contributed by atoms with van der Waals surface area (Å²) in [5.41, 5.74) is 7.21. The van der Waals surface area contributed by atoms with E-state index in [1.807, 2.05) is 0 Å². The first-order chi connectivity index (χ1) is 10.9. The Balaban J connectivity index is 2.02. The molecule has 0 radical (unpaired) electrons. The van der Waals surface area contributed by atoms with Gasteiger partial charge >= 0.3 is 0 Å². The standard InChI is InChI=1S/C22H30N/c1-16-14-19(22(2,3)4)10-11-20(16)21-15-18(12-13-23(21)5)17-8-6-7-9-17/h10-15,17H,6-9H2,1-5H3/q+1. The molecule has 0 unspecified atom stereocenters. The number of hydrogen-bond acceptors (Lipinski definition) is 0. The van der Waals surface area contributed by atoms with Gasteiger partial charge in [0.05, 0.1) is 0 Å². The Morgan fingerprint density at radius 1 is 1.00 bits per heavy atom. The number of pyridine rings is 1. The molecular formula is C22H30N+. The van der Waals surface area contributed by atoms with Crippen molar-refractivity contribution >= 4 is 0 Å². The maximum atomic E-state index is 2.43. The van der Waals surface area contributed by atoms with Crippen LogP contribution >= 0.6 is 0 Å². The third kappa shape index (κ3) is 3.34. The van der Waals surface area contributed by atoms with Crippen LogP contribution in [0.15, 0.2) is 36.5 Å². The minimum absolute atomic E-state index is 0.206. The molecule has 1 aromatic carbocycles. The minimum atomic E-state index is 0.206. The highest BCUT2D eigenvalue weighted by Gasteiger charge is 2.22. The van der Waals surface area contributed by atoms with Gasteiger partial charge < -0.3 is 0 Å². The van der Waals surface area contributed by atoms with Crippen molar-refractivity contribution in [1.29, 1.82) is 0 Å². The summed E-state index contributed by atoms with van der Waals surface area (Å²) in [5.74, 6) is 0.768. The third-order valence-corrected chi connectivity index (χ3v) is 5.37. The summed E-state index contributed by atoms with van der Waals surface area (Å²) in [7, 11) is 2.16. The molecule has 0 saturated heterocycles. The molecule has 1 aromatic heterocycles. The summed E-state index contributed by atoms with van der Waals surface area (Å²) in [4.78, 5) is 0. The SMILES string of the molecule is Cc1cc(C(C)(C)C)ccc1-c1cc(C2CCCC2)cc[n+]1C. The summed E-state index contributed by atoms with van der Waals surface area (Å²) in [6.45, 7) is 9.08. The Labute approximate surface area is 141 Å². The van der Waals surface area contributed by atoms with Gasteiger partial charge in [0.15, 0.2) is 6.20 Å². The Bertz CT molecular complexity index is 700. The fraction of sp³-hybridized carbons (Fsp3) is 0.500. The van der Waals surface area contributed by atoms with Gasteiger partial charge in [-0.1, -0.05) is 45.7 Å². The van der Waals surface area contributed by atoms with Crippen molar-refractivity contribution in [1.82, 2.24) is 0 Å². The van der Waals surface area contributed by atoms with E-state index < -0.39 is 0 Å². The molecule has 1 aliphatic rings. The van der Waals surface area contributed by atoms with Gasteiger partial charge in [-0.05, 0) is 53.9 Å². The Morgan fingerprint density at radius 3 is 2.30 bits per heavy atom. The largest absolute Gasteiger partial charge is 0.212 e. The van der Waals surface area contributed by atoms with Crippen molar-refractivity contribution in [3.63, 3.8) is 0 Å². The second kappa shape index (κ2) is 6.11. The molecule has 122 valence electrons. The quantitative estimate of drug-likeness (QED) is 0.650. The van der Waals surface area contributed by atoms with Gasteiger partial charge in [0.25, 0.3) is 0 Å². The Morgan fingerprint density at radius 2 is 1.70 bits per heavy atom. The van der Waals surface area contributed by atoms with Crippen LogP contribution in [0.3, 0.4) is 0 Å². The minimum Gasteiger partial charge on any atom is -0.201 e. The zero-order valence-corrected chi connectivity index (χ0v) is 15.3. The molecule has 0 aliphatic heterocycles. The van der Waals surface area contributed by atoms with Crippen LogP contribution in [0.1, 0.15) is 69.1 Å². The van der Waals surface area contributed by atoms with Crippen LogP contribution in [-0.4, -0.2) is 0 Å². The van der Waals surface area contributed by atoms with Crippen LogP contribution < -0.4 is 4.57 Å². The van der Waals surface area contributed by atoms with Crippen molar-refractivity contribution in [3.8, 4) is 11.3 Å². The predicted octanol–water partition coefficient (Wildman–Crippen LogP) is 5.44. The van der Waals surface area contributed by atoms with Gasteiger partial charge in [0, 0.05) is 17.7 Å². The molecule has 2 aromatic rings. The average Bonchev–Trinajstić information content (AvgIpc) is 3.01. The lowest BCUT2D eigenvalue weighted by Crippen LogP contribution is -2.31. The number of nitrogens with zero attached hydrogens (tertiary/aromatic N) is 1. The molecule has 0 amide bonds. The summed E-state index contributed by atoms with van der Waals surface area (Å²) in [6, 6.07) is 11.7. The monoisotopic (exact) mass is 308 g/mol. The number of benzene rings is 1. The summed E-state index contributed by atoms with van der Waals surface area (Å²) >= 11 is 0. The number of aromatic nitrogens is 1. The fourth-order valence-corrected chi connectivity index (χ4v) is 3.78. The molecule has 0 spiro atoms. The molecule has 1 heteroatoms. The Hall–Kier alpha value is -1.63. The smallest absolute Gasteiger partial charge is 0.201 e. The molecular weight excluding hydrogens is 278 g/mol.